The lowest BCUT2D eigenvalue weighted by Gasteiger charge is -2.29. The maximum atomic E-state index is 14.8. The molecule has 0 spiro atoms. The molecule has 2 aliphatic rings. The van der Waals surface area contributed by atoms with Crippen LogP contribution in [0.5, 0.6) is 5.88 Å². The van der Waals surface area contributed by atoms with Crippen LogP contribution in [0.25, 0.3) is 5.57 Å². The second-order valence-corrected chi connectivity index (χ2v) is 12.9. The highest BCUT2D eigenvalue weighted by Crippen LogP contribution is 2.28. The zero-order valence-electron chi connectivity index (χ0n) is 29.6. The van der Waals surface area contributed by atoms with E-state index in [0.29, 0.717) is 73.9 Å². The SMILES string of the molecule is CCN(C(=O)C1CCN(CC(=O)N2CC=C(c3ccc(C(N)=NC=NC)c(F)c3)CC2)C1)c1ccc(N)c(C(=N)c2ccc(OC(C)C)nc2)c1. The summed E-state index contributed by atoms with van der Waals surface area (Å²) in [7, 11) is 1.56. The van der Waals surface area contributed by atoms with Crippen molar-refractivity contribution in [2.45, 2.75) is 39.7 Å². The van der Waals surface area contributed by atoms with Gasteiger partial charge in [0.25, 0.3) is 0 Å². The summed E-state index contributed by atoms with van der Waals surface area (Å²) < 4.78 is 20.4. The van der Waals surface area contributed by atoms with E-state index in [9.17, 15) is 14.0 Å². The van der Waals surface area contributed by atoms with Crippen molar-refractivity contribution in [2.75, 3.05) is 56.9 Å². The van der Waals surface area contributed by atoms with E-state index in [0.717, 1.165) is 11.1 Å². The number of hydrogen-bond acceptors (Lipinski definition) is 8. The number of pyridine rings is 1. The van der Waals surface area contributed by atoms with Gasteiger partial charge in [-0.2, -0.15) is 0 Å². The van der Waals surface area contributed by atoms with Gasteiger partial charge in [-0.25, -0.2) is 14.4 Å². The first-order chi connectivity index (χ1) is 24.5. The number of amidine groups is 1. The van der Waals surface area contributed by atoms with Gasteiger partial charge in [-0.15, -0.1) is 0 Å². The van der Waals surface area contributed by atoms with E-state index in [1.165, 1.54) is 12.4 Å². The number of hydrogen-bond donors (Lipinski definition) is 3. The Kier molecular flexibility index (Phi) is 11.9. The summed E-state index contributed by atoms with van der Waals surface area (Å²) in [6.45, 7) is 8.48. The van der Waals surface area contributed by atoms with Crippen molar-refractivity contribution in [1.82, 2.24) is 14.8 Å². The van der Waals surface area contributed by atoms with Crippen LogP contribution < -0.4 is 21.1 Å². The summed E-state index contributed by atoms with van der Waals surface area (Å²) in [4.78, 5) is 44.6. The topological polar surface area (TPSA) is 167 Å². The van der Waals surface area contributed by atoms with Gasteiger partial charge >= 0.3 is 0 Å². The number of nitrogen functional groups attached to an aromatic ring is 1. The molecular weight excluding hydrogens is 649 g/mol. The highest BCUT2D eigenvalue weighted by atomic mass is 19.1. The van der Waals surface area contributed by atoms with Gasteiger partial charge in [0.15, 0.2) is 0 Å². The number of carbonyl (C=O) groups excluding carboxylic acids is 2. The van der Waals surface area contributed by atoms with E-state index in [4.69, 9.17) is 21.6 Å². The second-order valence-electron chi connectivity index (χ2n) is 12.9. The van der Waals surface area contributed by atoms with Crippen molar-refractivity contribution in [2.24, 2.45) is 21.6 Å². The third-order valence-corrected chi connectivity index (χ3v) is 9.05. The predicted octanol–water partition coefficient (Wildman–Crippen LogP) is 4.36. The maximum Gasteiger partial charge on any atom is 0.237 e. The number of anilines is 2. The van der Waals surface area contributed by atoms with Crippen LogP contribution in [0.15, 0.2) is 70.8 Å². The Morgan fingerprint density at radius 3 is 2.61 bits per heavy atom. The number of halogens is 1. The molecule has 2 aromatic carbocycles. The summed E-state index contributed by atoms with van der Waals surface area (Å²) >= 11 is 0. The Hall–Kier alpha value is -5.43. The number of nitrogens with one attached hydrogen (secondary N) is 1. The zero-order valence-corrected chi connectivity index (χ0v) is 29.6. The fourth-order valence-electron chi connectivity index (χ4n) is 6.35. The van der Waals surface area contributed by atoms with Crippen LogP contribution in [0.3, 0.4) is 0 Å². The van der Waals surface area contributed by atoms with Crippen LogP contribution in [0.4, 0.5) is 15.8 Å². The number of benzene rings is 2. The number of aliphatic imine (C=N–C) groups is 2. The Morgan fingerprint density at radius 1 is 1.16 bits per heavy atom. The number of carbonyl (C=O) groups is 2. The lowest BCUT2D eigenvalue weighted by Crippen LogP contribution is -2.42. The van der Waals surface area contributed by atoms with Crippen molar-refractivity contribution < 1.29 is 18.7 Å². The largest absolute Gasteiger partial charge is 0.475 e. The van der Waals surface area contributed by atoms with E-state index >= 15 is 0 Å². The third-order valence-electron chi connectivity index (χ3n) is 9.05. The minimum absolute atomic E-state index is 0.00571. The van der Waals surface area contributed by atoms with Crippen LogP contribution in [-0.2, 0) is 9.59 Å². The zero-order chi connectivity index (χ0) is 36.7. The molecule has 0 radical (unpaired) electrons. The molecule has 51 heavy (non-hydrogen) atoms. The van der Waals surface area contributed by atoms with Gasteiger partial charge in [0.1, 0.15) is 18.0 Å². The number of aromatic nitrogens is 1. The molecule has 1 unspecified atom stereocenters. The van der Waals surface area contributed by atoms with Crippen LogP contribution in [0, 0.1) is 17.1 Å². The number of rotatable bonds is 12. The van der Waals surface area contributed by atoms with E-state index in [2.05, 4.69) is 15.0 Å². The summed E-state index contributed by atoms with van der Waals surface area (Å²) in [6, 6.07) is 13.7. The molecule has 0 aliphatic carbocycles. The van der Waals surface area contributed by atoms with Crippen molar-refractivity contribution in [1.29, 1.82) is 5.41 Å². The minimum Gasteiger partial charge on any atom is -0.475 e. The fraction of sp³-hybridized carbons (Fsp3) is 0.368. The van der Waals surface area contributed by atoms with Gasteiger partial charge in [0, 0.05) is 68.0 Å². The first-order valence-corrected chi connectivity index (χ1v) is 17.1. The fourth-order valence-corrected chi connectivity index (χ4v) is 6.35. The molecule has 3 heterocycles. The predicted molar refractivity (Wildman–Crippen MR) is 200 cm³/mol. The summed E-state index contributed by atoms with van der Waals surface area (Å²) in [5, 5.41) is 8.84. The molecule has 5 rings (SSSR count). The van der Waals surface area contributed by atoms with E-state index in [-0.39, 0.29) is 47.5 Å². The molecule has 2 aliphatic heterocycles. The lowest BCUT2D eigenvalue weighted by molar-refractivity contribution is -0.132. The van der Waals surface area contributed by atoms with Crippen molar-refractivity contribution >= 4 is 46.6 Å². The molecule has 5 N–H and O–H groups in total. The summed E-state index contributed by atoms with van der Waals surface area (Å²) in [6.07, 6.45) is 6.04. The average Bonchev–Trinajstić information content (AvgIpc) is 3.59. The third kappa shape index (κ3) is 8.84. The molecular formula is C38H46FN9O3. The van der Waals surface area contributed by atoms with Crippen molar-refractivity contribution in [3.63, 3.8) is 0 Å². The molecule has 13 heteroatoms. The quantitative estimate of drug-likeness (QED) is 0.144. The van der Waals surface area contributed by atoms with Crippen molar-refractivity contribution in [3.05, 3.63) is 88.9 Å². The van der Waals surface area contributed by atoms with Crippen LogP contribution in [0.2, 0.25) is 0 Å². The van der Waals surface area contributed by atoms with Crippen LogP contribution in [0.1, 0.15) is 55.9 Å². The lowest BCUT2D eigenvalue weighted by atomic mass is 9.97. The summed E-state index contributed by atoms with van der Waals surface area (Å²) in [5.41, 5.74) is 16.5. The molecule has 1 saturated heterocycles. The molecule has 12 nitrogen and oxygen atoms in total. The van der Waals surface area contributed by atoms with Gasteiger partial charge in [-0.1, -0.05) is 12.1 Å². The number of nitrogens with two attached hydrogens (primary N) is 2. The molecule has 0 bridgehead atoms. The number of likely N-dealkylation sites (tertiary alicyclic amines) is 1. The highest BCUT2D eigenvalue weighted by Gasteiger charge is 2.33. The molecule has 1 aromatic heterocycles. The van der Waals surface area contributed by atoms with E-state index < -0.39 is 5.82 Å². The molecule has 1 atom stereocenters. The Morgan fingerprint density at radius 2 is 1.96 bits per heavy atom. The van der Waals surface area contributed by atoms with Crippen LogP contribution >= 0.6 is 0 Å². The first kappa shape index (κ1) is 36.8. The Bertz CT molecular complexity index is 1860. The minimum atomic E-state index is -0.468. The van der Waals surface area contributed by atoms with Gasteiger partial charge in [-0.05, 0) is 87.7 Å². The number of amides is 2. The smallest absolute Gasteiger partial charge is 0.237 e. The number of nitrogens with zero attached hydrogens (tertiary/aromatic N) is 6. The number of ether oxygens (including phenoxy) is 1. The van der Waals surface area contributed by atoms with Gasteiger partial charge in [0.2, 0.25) is 17.7 Å². The van der Waals surface area contributed by atoms with Gasteiger partial charge in [0.05, 0.1) is 29.8 Å². The standard InChI is InChI=1S/C38H46FN9O3/c1-5-48(29-8-10-33(40)31(19-29)36(41)27-7-11-34(44-20-27)51-24(2)3)38(50)28-12-15-46(21-28)22-35(49)47-16-13-25(14-17-47)26-6-9-30(32(39)18-26)37(42)45-23-43-4/h6-11,13,18-20,23-24,28,41H,5,12,14-17,21-22,40H2,1-4H3,(H2,42,43,45). The average molecular weight is 696 g/mol. The molecule has 268 valence electrons. The Balaban J connectivity index is 1.17. The Labute approximate surface area is 298 Å². The van der Waals surface area contributed by atoms with E-state index in [1.807, 2.05) is 37.8 Å². The highest BCUT2D eigenvalue weighted by molar-refractivity contribution is 6.14. The van der Waals surface area contributed by atoms with E-state index in [1.54, 1.807) is 59.4 Å². The molecule has 1 fully saturated rings. The maximum absolute atomic E-state index is 14.8. The monoisotopic (exact) mass is 695 g/mol. The van der Waals surface area contributed by atoms with Crippen LogP contribution in [-0.4, -0.2) is 96.9 Å². The van der Waals surface area contributed by atoms with Gasteiger partial charge in [-0.3, -0.25) is 24.9 Å². The summed E-state index contributed by atoms with van der Waals surface area (Å²) in [5.74, 6) is -0.236. The molecule has 2 amide bonds. The first-order valence-electron chi connectivity index (χ1n) is 17.1. The normalized spacial score (nSPS) is 16.8. The van der Waals surface area contributed by atoms with Gasteiger partial charge < -0.3 is 26.0 Å². The molecule has 0 saturated carbocycles. The van der Waals surface area contributed by atoms with Crippen molar-refractivity contribution in [3.8, 4) is 5.88 Å². The molecule has 3 aromatic rings. The second kappa shape index (κ2) is 16.5.